The molecular weight excluding hydrogens is 374 g/mol. The van der Waals surface area contributed by atoms with Crippen LogP contribution in [0.2, 0.25) is 0 Å². The van der Waals surface area contributed by atoms with Crippen LogP contribution in [-0.4, -0.2) is 35.6 Å². The summed E-state index contributed by atoms with van der Waals surface area (Å²) in [6.07, 6.45) is 3.14. The number of benzene rings is 2. The lowest BCUT2D eigenvalue weighted by Crippen LogP contribution is -2.38. The van der Waals surface area contributed by atoms with Gasteiger partial charge in [-0.25, -0.2) is 10.2 Å². The topological polar surface area (TPSA) is 117 Å². The molecule has 0 aliphatic rings. The van der Waals surface area contributed by atoms with Crippen molar-refractivity contribution in [1.82, 2.24) is 10.7 Å². The molecule has 0 fully saturated rings. The molecule has 0 aliphatic heterocycles. The summed E-state index contributed by atoms with van der Waals surface area (Å²) in [7, 11) is 0. The molecule has 2 aromatic rings. The van der Waals surface area contributed by atoms with Crippen molar-refractivity contribution in [3.8, 4) is 5.75 Å². The number of carboxylic acids is 1. The highest BCUT2D eigenvalue weighted by molar-refractivity contribution is 6.35. The molecule has 0 spiro atoms. The molecule has 0 radical (unpaired) electrons. The summed E-state index contributed by atoms with van der Waals surface area (Å²) in [4.78, 5) is 34.0. The molecular formula is C21H23N3O5. The van der Waals surface area contributed by atoms with Crippen LogP contribution in [0.3, 0.4) is 0 Å². The third kappa shape index (κ3) is 7.45. The largest absolute Gasteiger partial charge is 0.489 e. The first-order valence-corrected chi connectivity index (χ1v) is 9.16. The Hall–Kier alpha value is -3.68. The van der Waals surface area contributed by atoms with Crippen LogP contribution in [0, 0.1) is 0 Å². The van der Waals surface area contributed by atoms with Crippen molar-refractivity contribution >= 4 is 24.0 Å². The van der Waals surface area contributed by atoms with E-state index in [0.29, 0.717) is 17.9 Å². The van der Waals surface area contributed by atoms with Gasteiger partial charge in [0, 0.05) is 6.54 Å². The normalized spacial score (nSPS) is 10.5. The van der Waals surface area contributed by atoms with Gasteiger partial charge >= 0.3 is 17.8 Å². The van der Waals surface area contributed by atoms with Crippen LogP contribution < -0.4 is 15.5 Å². The average Bonchev–Trinajstić information content (AvgIpc) is 2.73. The van der Waals surface area contributed by atoms with Gasteiger partial charge in [-0.2, -0.15) is 5.10 Å². The standard InChI is InChI=1S/C21H23N3O5/c1-2-3-11-22-19(25)20(26)24-23-13-16-5-4-6-18(12-16)29-14-15-7-9-17(10-8-15)21(27)28/h4-10,12-13H,2-3,11,14H2,1H3,(H,22,25)(H,24,26)(H,27,28)/b23-13-. The zero-order chi connectivity index (χ0) is 21.1. The number of carbonyl (C=O) groups excluding carboxylic acids is 2. The third-order valence-corrected chi connectivity index (χ3v) is 3.87. The summed E-state index contributed by atoms with van der Waals surface area (Å²) in [5, 5.41) is 15.2. The van der Waals surface area contributed by atoms with Gasteiger partial charge in [0.15, 0.2) is 0 Å². The molecule has 8 nitrogen and oxygen atoms in total. The second-order valence-electron chi connectivity index (χ2n) is 6.17. The summed E-state index contributed by atoms with van der Waals surface area (Å²) in [6, 6.07) is 13.4. The minimum Gasteiger partial charge on any atom is -0.489 e. The van der Waals surface area contributed by atoms with Crippen LogP contribution in [0.15, 0.2) is 53.6 Å². The Morgan fingerprint density at radius 1 is 1.10 bits per heavy atom. The number of ether oxygens (including phenoxy) is 1. The molecule has 3 N–H and O–H groups in total. The molecule has 0 saturated carbocycles. The number of nitrogens with zero attached hydrogens (tertiary/aromatic N) is 1. The quantitative estimate of drug-likeness (QED) is 0.260. The van der Waals surface area contributed by atoms with Gasteiger partial charge < -0.3 is 15.2 Å². The fourth-order valence-electron chi connectivity index (χ4n) is 2.27. The lowest BCUT2D eigenvalue weighted by atomic mass is 10.1. The molecule has 2 rings (SSSR count). The smallest absolute Gasteiger partial charge is 0.335 e. The molecule has 2 amide bonds. The number of carboxylic acid groups (broad SMARTS) is 1. The second kappa shape index (κ2) is 11.2. The molecule has 2 aromatic carbocycles. The van der Waals surface area contributed by atoms with Crippen LogP contribution in [0.5, 0.6) is 5.75 Å². The molecule has 0 heterocycles. The Morgan fingerprint density at radius 3 is 2.55 bits per heavy atom. The van der Waals surface area contributed by atoms with Crippen molar-refractivity contribution in [1.29, 1.82) is 0 Å². The van der Waals surface area contributed by atoms with Gasteiger partial charge in [-0.3, -0.25) is 9.59 Å². The Balaban J connectivity index is 1.85. The zero-order valence-corrected chi connectivity index (χ0v) is 16.1. The highest BCUT2D eigenvalue weighted by Crippen LogP contribution is 2.14. The van der Waals surface area contributed by atoms with Crippen LogP contribution in [0.4, 0.5) is 0 Å². The summed E-state index contributed by atoms with van der Waals surface area (Å²) < 4.78 is 5.69. The number of amides is 2. The lowest BCUT2D eigenvalue weighted by Gasteiger charge is -2.07. The van der Waals surface area contributed by atoms with Gasteiger partial charge in [0.2, 0.25) is 0 Å². The minimum absolute atomic E-state index is 0.216. The van der Waals surface area contributed by atoms with E-state index in [1.165, 1.54) is 18.3 Å². The van der Waals surface area contributed by atoms with Gasteiger partial charge in [-0.1, -0.05) is 37.6 Å². The zero-order valence-electron chi connectivity index (χ0n) is 16.1. The maximum absolute atomic E-state index is 11.6. The minimum atomic E-state index is -0.977. The van der Waals surface area contributed by atoms with E-state index in [4.69, 9.17) is 9.84 Å². The van der Waals surface area contributed by atoms with E-state index in [1.54, 1.807) is 36.4 Å². The summed E-state index contributed by atoms with van der Waals surface area (Å²) in [5.41, 5.74) is 3.90. The monoisotopic (exact) mass is 397 g/mol. The van der Waals surface area contributed by atoms with Crippen LogP contribution in [-0.2, 0) is 16.2 Å². The Labute approximate surface area is 168 Å². The molecule has 0 unspecified atom stereocenters. The van der Waals surface area contributed by atoms with Crippen LogP contribution >= 0.6 is 0 Å². The number of hydrazone groups is 1. The number of carbonyl (C=O) groups is 3. The molecule has 0 atom stereocenters. The van der Waals surface area contributed by atoms with Gasteiger partial charge in [0.25, 0.3) is 0 Å². The fourth-order valence-corrected chi connectivity index (χ4v) is 2.27. The predicted molar refractivity (Wildman–Crippen MR) is 108 cm³/mol. The third-order valence-electron chi connectivity index (χ3n) is 3.87. The number of hydrogen-bond donors (Lipinski definition) is 3. The maximum atomic E-state index is 11.6. The number of unbranched alkanes of at least 4 members (excludes halogenated alkanes) is 1. The van der Waals surface area contributed by atoms with E-state index in [2.05, 4.69) is 15.8 Å². The predicted octanol–water partition coefficient (Wildman–Crippen LogP) is 2.33. The first kappa shape index (κ1) is 21.6. The van der Waals surface area contributed by atoms with Gasteiger partial charge in [0.05, 0.1) is 11.8 Å². The van der Waals surface area contributed by atoms with Crippen molar-refractivity contribution in [3.63, 3.8) is 0 Å². The summed E-state index contributed by atoms with van der Waals surface area (Å²) >= 11 is 0. The SMILES string of the molecule is CCCCNC(=O)C(=O)N/N=C\c1cccc(OCc2ccc(C(=O)O)cc2)c1. The molecule has 0 bridgehead atoms. The van der Waals surface area contributed by atoms with Crippen molar-refractivity contribution in [2.75, 3.05) is 6.54 Å². The first-order chi connectivity index (χ1) is 14.0. The molecule has 8 heteroatoms. The Kier molecular flexibility index (Phi) is 8.37. The number of hydrogen-bond acceptors (Lipinski definition) is 5. The van der Waals surface area contributed by atoms with Crippen LogP contribution in [0.1, 0.15) is 41.3 Å². The van der Waals surface area contributed by atoms with E-state index in [1.807, 2.05) is 6.92 Å². The summed E-state index contributed by atoms with van der Waals surface area (Å²) in [6.45, 7) is 2.71. The van der Waals surface area contributed by atoms with Crippen molar-refractivity contribution in [2.24, 2.45) is 5.10 Å². The number of aromatic carboxylic acids is 1. The van der Waals surface area contributed by atoms with Crippen molar-refractivity contribution in [2.45, 2.75) is 26.4 Å². The first-order valence-electron chi connectivity index (χ1n) is 9.16. The van der Waals surface area contributed by atoms with E-state index in [0.717, 1.165) is 18.4 Å². The van der Waals surface area contributed by atoms with E-state index in [-0.39, 0.29) is 12.2 Å². The fraction of sp³-hybridized carbons (Fsp3) is 0.238. The maximum Gasteiger partial charge on any atom is 0.335 e. The average molecular weight is 397 g/mol. The lowest BCUT2D eigenvalue weighted by molar-refractivity contribution is -0.139. The van der Waals surface area contributed by atoms with Gasteiger partial charge in [-0.15, -0.1) is 0 Å². The van der Waals surface area contributed by atoms with Crippen LogP contribution in [0.25, 0.3) is 0 Å². The molecule has 0 aliphatic carbocycles. The van der Waals surface area contributed by atoms with Gasteiger partial charge in [0.1, 0.15) is 12.4 Å². The Bertz CT molecular complexity index is 878. The molecule has 152 valence electrons. The highest BCUT2D eigenvalue weighted by Gasteiger charge is 2.11. The number of rotatable bonds is 9. The molecule has 0 saturated heterocycles. The van der Waals surface area contributed by atoms with E-state index >= 15 is 0 Å². The number of nitrogens with one attached hydrogen (secondary N) is 2. The Morgan fingerprint density at radius 2 is 1.86 bits per heavy atom. The van der Waals surface area contributed by atoms with E-state index in [9.17, 15) is 14.4 Å². The summed E-state index contributed by atoms with van der Waals surface area (Å²) in [5.74, 6) is -1.94. The highest BCUT2D eigenvalue weighted by atomic mass is 16.5. The van der Waals surface area contributed by atoms with Gasteiger partial charge in [-0.05, 0) is 41.8 Å². The van der Waals surface area contributed by atoms with Crippen molar-refractivity contribution in [3.05, 3.63) is 65.2 Å². The second-order valence-corrected chi connectivity index (χ2v) is 6.17. The van der Waals surface area contributed by atoms with Crippen molar-refractivity contribution < 1.29 is 24.2 Å². The molecule has 0 aromatic heterocycles. The van der Waals surface area contributed by atoms with E-state index < -0.39 is 17.8 Å². The molecule has 29 heavy (non-hydrogen) atoms.